The van der Waals surface area contributed by atoms with Crippen molar-refractivity contribution in [3.05, 3.63) is 177 Å². The lowest BCUT2D eigenvalue weighted by Gasteiger charge is -2.19. The van der Waals surface area contributed by atoms with E-state index in [-0.39, 0.29) is 11.1 Å². The Bertz CT molecular complexity index is 3860. The average molecular weight is 1290 g/mol. The van der Waals surface area contributed by atoms with Crippen molar-refractivity contribution < 1.29 is 29.0 Å². The summed E-state index contributed by atoms with van der Waals surface area (Å²) in [4.78, 5) is 54.2. The number of aromatic carboxylic acids is 1. The molecule has 0 radical (unpaired) electrons. The second kappa shape index (κ2) is 29.3. The summed E-state index contributed by atoms with van der Waals surface area (Å²) < 4.78 is 14.5. The van der Waals surface area contributed by atoms with Crippen molar-refractivity contribution in [1.82, 2.24) is 44.9 Å². The predicted octanol–water partition coefficient (Wildman–Crippen LogP) is 14.7. The van der Waals surface area contributed by atoms with Crippen molar-refractivity contribution in [2.24, 2.45) is 11.5 Å². The summed E-state index contributed by atoms with van der Waals surface area (Å²) in [6.07, 6.45) is 7.39. The van der Waals surface area contributed by atoms with E-state index in [2.05, 4.69) is 94.8 Å². The Morgan fingerprint density at radius 1 is 0.855 bits per heavy atom. The number of hydrogen-bond donors (Lipinski definition) is 7. The molecule has 7 heterocycles. The number of nitrogens with one attached hydrogen (secondary N) is 4. The van der Waals surface area contributed by atoms with Crippen molar-refractivity contribution in [2.45, 2.75) is 72.6 Å². The van der Waals surface area contributed by atoms with Gasteiger partial charge in [0.2, 0.25) is 5.28 Å². The number of rotatable bonds is 7. The minimum atomic E-state index is -0.864. The van der Waals surface area contributed by atoms with Gasteiger partial charge >= 0.3 is 12.1 Å². The molecule has 0 bridgehead atoms. The standard InChI is InChI=1S/C18H15N5.C16H16ClN5O2.C10H8BrNO.C9H5BrO2S.C4H9NO.C3H9N/c1-12-21-17-5-3-2-4-16(17)18(22-12)23-15-8-6-13(7-9-15)14-10-19-20-11-14;1-16(2,3)24-15(23)22-12-5-4-11(8-10(12)9-19-22)20-13-6-7-18-14(17)21-13;1-6(13)9-4-7-2-3-8(11)5-10(7)12-9;10-6-2-1-5-3-8(9(11)12)13-7(5)4-6;5-4-1-2-6-3-4;1-3(2)4/h2-11H,1H3,(H,19,20)(H,21,22,23);4-9H,1-3H3,(H,18,20,21);2-5,12H,1H3;1-4H,(H,11,12);4H,1-3,5H2;3H,4H2,1-2H3. The fourth-order valence-electron chi connectivity index (χ4n) is 7.65. The maximum atomic E-state index is 12.2. The van der Waals surface area contributed by atoms with Gasteiger partial charge in [-0.15, -0.1) is 11.3 Å². The summed E-state index contributed by atoms with van der Waals surface area (Å²) in [5, 5.41) is 30.2. The number of carboxylic acid groups (broad SMARTS) is 1. The Kier molecular flexibility index (Phi) is 22.1. The number of Topliss-reactive ketones (excluding diaryl/α,β-unsaturated/α-hetero) is 1. The highest BCUT2D eigenvalue weighted by Gasteiger charge is 2.20. The Balaban J connectivity index is 0.000000155. The molecule has 430 valence electrons. The third-order valence-corrected chi connectivity index (χ3v) is 13.6. The van der Waals surface area contributed by atoms with Crippen LogP contribution in [0.4, 0.5) is 27.8 Å². The molecular formula is C60H62Br2ClN13O6S. The van der Waals surface area contributed by atoms with Crippen LogP contribution in [0.5, 0.6) is 0 Å². The molecule has 11 aromatic rings. The zero-order valence-electron chi connectivity index (χ0n) is 46.4. The van der Waals surface area contributed by atoms with E-state index in [1.165, 1.54) is 16.0 Å². The topological polar surface area (TPSA) is 280 Å². The molecule has 0 aliphatic carbocycles. The second-order valence-electron chi connectivity index (χ2n) is 19.9. The number of benzene rings is 5. The normalized spacial score (nSPS) is 12.6. The molecule has 0 saturated carbocycles. The molecule has 0 spiro atoms. The van der Waals surface area contributed by atoms with Gasteiger partial charge in [0, 0.05) is 84.2 Å². The van der Waals surface area contributed by atoms with Crippen LogP contribution in [-0.2, 0) is 9.47 Å². The van der Waals surface area contributed by atoms with E-state index in [0.717, 1.165) is 100 Å². The third kappa shape index (κ3) is 19.0. The minimum Gasteiger partial charge on any atom is -0.477 e. The maximum Gasteiger partial charge on any atom is 0.435 e. The van der Waals surface area contributed by atoms with Crippen LogP contribution >= 0.6 is 54.8 Å². The summed E-state index contributed by atoms with van der Waals surface area (Å²) in [5.74, 6) is 1.35. The van der Waals surface area contributed by atoms with E-state index in [4.69, 9.17) is 37.6 Å². The van der Waals surface area contributed by atoms with Crippen LogP contribution in [0.3, 0.4) is 0 Å². The quantitative estimate of drug-likeness (QED) is 0.0577. The van der Waals surface area contributed by atoms with Gasteiger partial charge in [-0.1, -0.05) is 82.1 Å². The van der Waals surface area contributed by atoms with Crippen LogP contribution in [0.2, 0.25) is 5.28 Å². The van der Waals surface area contributed by atoms with Crippen LogP contribution in [0.15, 0.2) is 155 Å². The third-order valence-electron chi connectivity index (χ3n) is 11.3. The Morgan fingerprint density at radius 2 is 1.57 bits per heavy atom. The van der Waals surface area contributed by atoms with Crippen LogP contribution in [-0.4, -0.2) is 98.7 Å². The molecule has 1 saturated heterocycles. The van der Waals surface area contributed by atoms with Gasteiger partial charge < -0.3 is 41.7 Å². The molecule has 1 fully saturated rings. The molecule has 1 unspecified atom stereocenters. The fourth-order valence-corrected chi connectivity index (χ4v) is 9.61. The maximum absolute atomic E-state index is 12.2. The highest BCUT2D eigenvalue weighted by atomic mass is 79.9. The van der Waals surface area contributed by atoms with Crippen molar-refractivity contribution in [1.29, 1.82) is 0 Å². The number of ether oxygens (including phenoxy) is 2. The Labute approximate surface area is 504 Å². The van der Waals surface area contributed by atoms with Crippen molar-refractivity contribution in [3.63, 3.8) is 0 Å². The number of hydrogen-bond acceptors (Lipinski definition) is 16. The summed E-state index contributed by atoms with van der Waals surface area (Å²) >= 11 is 13.8. The Hall–Kier alpha value is -7.96. The van der Waals surface area contributed by atoms with Crippen molar-refractivity contribution in [3.8, 4) is 11.1 Å². The van der Waals surface area contributed by atoms with Gasteiger partial charge in [-0.25, -0.2) is 29.5 Å². The van der Waals surface area contributed by atoms with Gasteiger partial charge in [-0.2, -0.15) is 14.9 Å². The lowest BCUT2D eigenvalue weighted by Crippen LogP contribution is -2.27. The largest absolute Gasteiger partial charge is 0.477 e. The molecule has 1 aliphatic heterocycles. The molecule has 0 amide bonds. The molecule has 23 heteroatoms. The molecule has 1 aliphatic rings. The van der Waals surface area contributed by atoms with Gasteiger partial charge in [0.05, 0.1) is 35.7 Å². The van der Waals surface area contributed by atoms with Gasteiger partial charge in [-0.05, 0) is 148 Å². The van der Waals surface area contributed by atoms with E-state index in [0.29, 0.717) is 34.0 Å². The summed E-state index contributed by atoms with van der Waals surface area (Å²) in [6, 6.07) is 39.2. The lowest BCUT2D eigenvalue weighted by atomic mass is 10.1. The predicted molar refractivity (Wildman–Crippen MR) is 338 cm³/mol. The van der Waals surface area contributed by atoms with Gasteiger partial charge in [0.15, 0.2) is 5.78 Å². The number of carboxylic acids is 1. The molecule has 12 rings (SSSR count). The van der Waals surface area contributed by atoms with Crippen LogP contribution in [0.25, 0.3) is 53.9 Å². The van der Waals surface area contributed by atoms with E-state index < -0.39 is 17.7 Å². The number of aromatic nitrogens is 9. The summed E-state index contributed by atoms with van der Waals surface area (Å²) in [7, 11) is 0. The number of thiophene rings is 1. The smallest absolute Gasteiger partial charge is 0.435 e. The van der Waals surface area contributed by atoms with Gasteiger partial charge in [0.1, 0.15) is 27.9 Å². The highest BCUT2D eigenvalue weighted by Crippen LogP contribution is 2.30. The molecule has 1 atom stereocenters. The van der Waals surface area contributed by atoms with Crippen LogP contribution in [0.1, 0.15) is 73.9 Å². The first-order chi connectivity index (χ1) is 39.6. The number of para-hydroxylation sites is 1. The summed E-state index contributed by atoms with van der Waals surface area (Å²) in [6.45, 7) is 14.4. The molecular weight excluding hydrogens is 1230 g/mol. The number of carbonyl (C=O) groups excluding carboxylic acids is 2. The zero-order valence-corrected chi connectivity index (χ0v) is 51.2. The number of anilines is 4. The van der Waals surface area contributed by atoms with Gasteiger partial charge in [-0.3, -0.25) is 9.89 Å². The number of fused-ring (bicyclic) bond motifs is 4. The molecule has 9 N–H and O–H groups in total. The Morgan fingerprint density at radius 3 is 2.20 bits per heavy atom. The number of nitrogens with zero attached hydrogens (tertiary/aromatic N) is 7. The molecule has 83 heavy (non-hydrogen) atoms. The molecule has 5 aromatic carbocycles. The average Bonchev–Trinajstić information content (AvgIpc) is 4.46. The second-order valence-corrected chi connectivity index (χ2v) is 23.2. The number of H-pyrrole nitrogens is 2. The molecule has 19 nitrogen and oxygen atoms in total. The SMILES string of the molecule is CC(=O)c1cc2ccc(Br)cc2[nH]1.CC(C)(C)OC(=O)n1ncc2cc(Nc3ccnc(Cl)n3)ccc21.CC(C)N.Cc1nc(Nc2ccc(-c3cn[nH]c3)cc2)c2ccccc2n1.NC1CCOC1.O=C(O)c1cc2ccc(Br)cc2s1. The first-order valence-electron chi connectivity index (χ1n) is 25.9. The number of nitrogens with two attached hydrogens (primary N) is 2. The number of aromatic amines is 2. The fraction of sp³-hybridized carbons (Fsp3) is 0.217. The van der Waals surface area contributed by atoms with E-state index in [9.17, 15) is 14.4 Å². The lowest BCUT2D eigenvalue weighted by molar-refractivity contribution is 0.0522. The van der Waals surface area contributed by atoms with Gasteiger partial charge in [0.25, 0.3) is 0 Å². The highest BCUT2D eigenvalue weighted by molar-refractivity contribution is 9.10. The summed E-state index contributed by atoms with van der Waals surface area (Å²) in [5.41, 5.74) is 17.2. The number of aryl methyl sites for hydroxylation is 1. The van der Waals surface area contributed by atoms with E-state index >= 15 is 0 Å². The zero-order chi connectivity index (χ0) is 59.8. The van der Waals surface area contributed by atoms with Crippen molar-refractivity contribution in [2.75, 3.05) is 23.8 Å². The van der Waals surface area contributed by atoms with Crippen LogP contribution < -0.4 is 22.1 Å². The van der Waals surface area contributed by atoms with Crippen molar-refractivity contribution >= 4 is 138 Å². The first kappa shape index (κ1) is 62.6. The van der Waals surface area contributed by atoms with E-state index in [1.807, 2.05) is 145 Å². The number of halogens is 3. The van der Waals surface area contributed by atoms with E-state index in [1.54, 1.807) is 37.5 Å². The first-order valence-corrected chi connectivity index (χ1v) is 28.7. The van der Waals surface area contributed by atoms with Crippen LogP contribution in [0, 0.1) is 6.92 Å². The minimum absolute atomic E-state index is 0.0623. The molecule has 6 aromatic heterocycles. The monoisotopic (exact) mass is 1290 g/mol. The number of carbonyl (C=O) groups is 3. The number of ketones is 1.